The van der Waals surface area contributed by atoms with Gasteiger partial charge >= 0.3 is 0 Å². The van der Waals surface area contributed by atoms with Crippen LogP contribution in [0.1, 0.15) is 25.7 Å². The number of carbonyl (C=O) groups is 1. The third-order valence-corrected chi connectivity index (χ3v) is 6.23. The number of nitrogens with one attached hydrogen (secondary N) is 1. The van der Waals surface area contributed by atoms with E-state index in [1.807, 2.05) is 30.3 Å². The Labute approximate surface area is 160 Å². The summed E-state index contributed by atoms with van der Waals surface area (Å²) in [5.41, 5.74) is 0.783. The molecule has 0 radical (unpaired) electrons. The molecule has 1 fully saturated rings. The molecule has 27 heavy (non-hydrogen) atoms. The van der Waals surface area contributed by atoms with Crippen LogP contribution < -0.4 is 14.4 Å². The third-order valence-electron chi connectivity index (χ3n) is 4.69. The van der Waals surface area contributed by atoms with Gasteiger partial charge in [-0.3, -0.25) is 4.79 Å². The van der Waals surface area contributed by atoms with Crippen LogP contribution in [0.2, 0.25) is 0 Å². The van der Waals surface area contributed by atoms with E-state index in [-0.39, 0.29) is 23.5 Å². The Hall–Kier alpha value is -2.38. The van der Waals surface area contributed by atoms with Gasteiger partial charge in [-0.2, -0.15) is 0 Å². The molecule has 0 heterocycles. The van der Waals surface area contributed by atoms with Crippen LogP contribution in [0.25, 0.3) is 0 Å². The molecule has 1 saturated carbocycles. The largest absolute Gasteiger partial charge is 0.484 e. The zero-order valence-electron chi connectivity index (χ0n) is 15.3. The molecule has 0 bridgehead atoms. The minimum absolute atomic E-state index is 0.0251. The average molecular weight is 388 g/mol. The smallest absolute Gasteiger partial charge is 0.264 e. The molecule has 2 aromatic rings. The number of carbonyl (C=O) groups excluding carboxylic acids is 1. The van der Waals surface area contributed by atoms with E-state index in [2.05, 4.69) is 4.72 Å². The Morgan fingerprint density at radius 2 is 1.70 bits per heavy atom. The fourth-order valence-corrected chi connectivity index (χ4v) is 4.39. The molecular weight excluding hydrogens is 364 g/mol. The van der Waals surface area contributed by atoms with E-state index in [0.717, 1.165) is 31.4 Å². The Morgan fingerprint density at radius 1 is 1.07 bits per heavy atom. The molecule has 0 saturated heterocycles. The minimum atomic E-state index is -3.52. The summed E-state index contributed by atoms with van der Waals surface area (Å²) >= 11 is 0. The van der Waals surface area contributed by atoms with Crippen molar-refractivity contribution in [2.24, 2.45) is 0 Å². The van der Waals surface area contributed by atoms with E-state index >= 15 is 0 Å². The standard InChI is InChI=1S/C20H24N2O4S/c1-22(17-9-3-2-4-10-17)20(23)15-26-18-11-13-19(14-12-18)27(24,25)21-16-7-5-6-8-16/h2-4,9-14,16,21H,5-8,15H2,1H3. The van der Waals surface area contributed by atoms with Gasteiger partial charge in [0, 0.05) is 18.8 Å². The van der Waals surface area contributed by atoms with Crippen LogP contribution in [0.3, 0.4) is 0 Å². The molecule has 2 aromatic carbocycles. The number of amides is 1. The molecule has 1 aliphatic rings. The van der Waals surface area contributed by atoms with Gasteiger partial charge < -0.3 is 9.64 Å². The normalized spacial score (nSPS) is 14.9. The zero-order valence-corrected chi connectivity index (χ0v) is 16.1. The van der Waals surface area contributed by atoms with Gasteiger partial charge in [-0.1, -0.05) is 31.0 Å². The quantitative estimate of drug-likeness (QED) is 0.791. The summed E-state index contributed by atoms with van der Waals surface area (Å²) in [5.74, 6) is 0.255. The molecule has 0 aromatic heterocycles. The number of rotatable bonds is 7. The number of sulfonamides is 1. The summed E-state index contributed by atoms with van der Waals surface area (Å²) in [5, 5.41) is 0. The predicted molar refractivity (Wildman–Crippen MR) is 104 cm³/mol. The summed E-state index contributed by atoms with van der Waals surface area (Å²) in [6.45, 7) is -0.127. The van der Waals surface area contributed by atoms with Crippen molar-refractivity contribution in [1.82, 2.24) is 4.72 Å². The number of ether oxygens (including phenoxy) is 1. The molecule has 0 spiro atoms. The number of hydrogen-bond acceptors (Lipinski definition) is 4. The lowest BCUT2D eigenvalue weighted by Gasteiger charge is -2.17. The minimum Gasteiger partial charge on any atom is -0.484 e. The lowest BCUT2D eigenvalue weighted by Crippen LogP contribution is -2.32. The predicted octanol–water partition coefficient (Wildman–Crippen LogP) is 2.95. The van der Waals surface area contributed by atoms with Gasteiger partial charge in [0.1, 0.15) is 5.75 Å². The summed E-state index contributed by atoms with van der Waals surface area (Å²) in [6.07, 6.45) is 3.89. The molecule has 1 N–H and O–H groups in total. The van der Waals surface area contributed by atoms with Gasteiger partial charge in [-0.05, 0) is 49.2 Å². The van der Waals surface area contributed by atoms with E-state index in [4.69, 9.17) is 4.74 Å². The van der Waals surface area contributed by atoms with Crippen molar-refractivity contribution >= 4 is 21.6 Å². The first kappa shape index (κ1) is 19.4. The number of benzene rings is 2. The number of hydrogen-bond donors (Lipinski definition) is 1. The SMILES string of the molecule is CN(C(=O)COc1ccc(S(=O)(=O)NC2CCCC2)cc1)c1ccccc1. The van der Waals surface area contributed by atoms with Crippen molar-refractivity contribution in [2.45, 2.75) is 36.6 Å². The molecule has 3 rings (SSSR count). The second-order valence-corrected chi connectivity index (χ2v) is 8.37. The van der Waals surface area contributed by atoms with Crippen molar-refractivity contribution in [3.8, 4) is 5.75 Å². The van der Waals surface area contributed by atoms with Gasteiger partial charge in [0.05, 0.1) is 4.90 Å². The second kappa shape index (κ2) is 8.54. The van der Waals surface area contributed by atoms with Crippen molar-refractivity contribution in [3.05, 3.63) is 54.6 Å². The maximum Gasteiger partial charge on any atom is 0.264 e. The topological polar surface area (TPSA) is 75.7 Å². The molecule has 0 atom stereocenters. The first-order valence-electron chi connectivity index (χ1n) is 9.02. The van der Waals surface area contributed by atoms with Crippen LogP contribution in [0, 0.1) is 0 Å². The summed E-state index contributed by atoms with van der Waals surface area (Å²) in [4.78, 5) is 14.0. The molecule has 7 heteroatoms. The number of para-hydroxylation sites is 1. The van der Waals surface area contributed by atoms with Gasteiger partial charge in [0.15, 0.2) is 6.61 Å². The Kier molecular flexibility index (Phi) is 6.13. The van der Waals surface area contributed by atoms with Crippen molar-refractivity contribution in [3.63, 3.8) is 0 Å². The molecule has 1 amide bonds. The Balaban J connectivity index is 1.56. The molecule has 6 nitrogen and oxygen atoms in total. The Morgan fingerprint density at radius 3 is 2.33 bits per heavy atom. The lowest BCUT2D eigenvalue weighted by atomic mass is 10.3. The number of likely N-dealkylation sites (N-methyl/N-ethyl adjacent to an activating group) is 1. The third kappa shape index (κ3) is 5.08. The highest BCUT2D eigenvalue weighted by molar-refractivity contribution is 7.89. The first-order chi connectivity index (χ1) is 13.0. The van der Waals surface area contributed by atoms with Crippen molar-refractivity contribution in [2.75, 3.05) is 18.6 Å². The maximum atomic E-state index is 12.4. The van der Waals surface area contributed by atoms with Crippen LogP contribution in [0.4, 0.5) is 5.69 Å². The van der Waals surface area contributed by atoms with Gasteiger partial charge in [0.25, 0.3) is 5.91 Å². The van der Waals surface area contributed by atoms with E-state index < -0.39 is 10.0 Å². The summed E-state index contributed by atoms with van der Waals surface area (Å²) in [7, 11) is -1.84. The highest BCUT2D eigenvalue weighted by Crippen LogP contribution is 2.22. The van der Waals surface area contributed by atoms with Crippen molar-refractivity contribution in [1.29, 1.82) is 0 Å². The van der Waals surface area contributed by atoms with Crippen LogP contribution in [-0.2, 0) is 14.8 Å². The van der Waals surface area contributed by atoms with Crippen LogP contribution in [-0.4, -0.2) is 34.0 Å². The highest BCUT2D eigenvalue weighted by atomic mass is 32.2. The van der Waals surface area contributed by atoms with Crippen LogP contribution >= 0.6 is 0 Å². The van der Waals surface area contributed by atoms with Crippen LogP contribution in [0.15, 0.2) is 59.5 Å². The molecule has 144 valence electrons. The highest BCUT2D eigenvalue weighted by Gasteiger charge is 2.22. The van der Waals surface area contributed by atoms with E-state index in [1.54, 1.807) is 19.2 Å². The monoisotopic (exact) mass is 388 g/mol. The van der Waals surface area contributed by atoms with Gasteiger partial charge in [0.2, 0.25) is 10.0 Å². The summed E-state index contributed by atoms with van der Waals surface area (Å²) in [6, 6.07) is 15.4. The van der Waals surface area contributed by atoms with Gasteiger partial charge in [-0.15, -0.1) is 0 Å². The zero-order chi connectivity index (χ0) is 19.3. The molecular formula is C20H24N2O4S. The average Bonchev–Trinajstić information content (AvgIpc) is 3.19. The molecule has 0 unspecified atom stereocenters. The van der Waals surface area contributed by atoms with E-state index in [1.165, 1.54) is 17.0 Å². The number of anilines is 1. The fraction of sp³-hybridized carbons (Fsp3) is 0.350. The van der Waals surface area contributed by atoms with Crippen molar-refractivity contribution < 1.29 is 17.9 Å². The van der Waals surface area contributed by atoms with E-state index in [9.17, 15) is 13.2 Å². The lowest BCUT2D eigenvalue weighted by molar-refractivity contribution is -0.120. The van der Waals surface area contributed by atoms with Gasteiger partial charge in [-0.25, -0.2) is 13.1 Å². The maximum absolute atomic E-state index is 12.4. The molecule has 0 aliphatic heterocycles. The van der Waals surface area contributed by atoms with E-state index in [0.29, 0.717) is 5.75 Å². The number of nitrogens with zero attached hydrogens (tertiary/aromatic N) is 1. The summed E-state index contributed by atoms with van der Waals surface area (Å²) < 4.78 is 33.0. The second-order valence-electron chi connectivity index (χ2n) is 6.65. The fourth-order valence-electron chi connectivity index (χ4n) is 3.08. The Bertz CT molecular complexity index is 861. The first-order valence-corrected chi connectivity index (χ1v) is 10.5. The molecule has 1 aliphatic carbocycles. The van der Waals surface area contributed by atoms with Crippen LogP contribution in [0.5, 0.6) is 5.75 Å².